The fourth-order valence-corrected chi connectivity index (χ4v) is 3.12. The number of anilines is 1. The van der Waals surface area contributed by atoms with Crippen molar-refractivity contribution in [2.24, 2.45) is 0 Å². The summed E-state index contributed by atoms with van der Waals surface area (Å²) in [5.74, 6) is 0.516. The van der Waals surface area contributed by atoms with Crippen LogP contribution in [0.1, 0.15) is 12.8 Å². The predicted molar refractivity (Wildman–Crippen MR) is 78.4 cm³/mol. The minimum absolute atomic E-state index is 0.0200. The first-order chi connectivity index (χ1) is 8.75. The molecule has 1 fully saturated rings. The molecule has 1 amide bonds. The molecule has 0 bridgehead atoms. The van der Waals surface area contributed by atoms with Crippen LogP contribution in [0.25, 0.3) is 0 Å². The summed E-state index contributed by atoms with van der Waals surface area (Å²) in [6, 6.07) is 7.30. The first-order valence-corrected chi connectivity index (χ1v) is 7.55. The van der Waals surface area contributed by atoms with Gasteiger partial charge in [-0.1, -0.05) is 23.7 Å². The molecule has 0 aromatic heterocycles. The Morgan fingerprint density at radius 3 is 2.83 bits per heavy atom. The first kappa shape index (κ1) is 13.7. The first-order valence-electron chi connectivity index (χ1n) is 6.12. The van der Waals surface area contributed by atoms with Gasteiger partial charge in [0.15, 0.2) is 0 Å². The maximum Gasteiger partial charge on any atom is 0.234 e. The number of piperidine rings is 1. The van der Waals surface area contributed by atoms with Crippen LogP contribution < -0.4 is 10.6 Å². The Bertz CT molecular complexity index is 408. The molecule has 0 aliphatic carbocycles. The summed E-state index contributed by atoms with van der Waals surface area (Å²) >= 11 is 7.72. The molecule has 0 unspecified atom stereocenters. The van der Waals surface area contributed by atoms with Crippen LogP contribution in [0.3, 0.4) is 0 Å². The van der Waals surface area contributed by atoms with Crippen molar-refractivity contribution in [3.63, 3.8) is 0 Å². The second kappa shape index (κ2) is 7.02. The number of nitrogens with one attached hydrogen (secondary N) is 2. The molecule has 1 aliphatic rings. The highest BCUT2D eigenvalue weighted by molar-refractivity contribution is 8.00. The van der Waals surface area contributed by atoms with Crippen LogP contribution >= 0.6 is 23.4 Å². The third kappa shape index (κ3) is 4.19. The van der Waals surface area contributed by atoms with E-state index in [0.29, 0.717) is 21.7 Å². The van der Waals surface area contributed by atoms with Crippen LogP contribution in [0, 0.1) is 0 Å². The Hall–Kier alpha value is -0.710. The number of carbonyl (C=O) groups is 1. The molecule has 1 heterocycles. The molecule has 0 radical (unpaired) electrons. The van der Waals surface area contributed by atoms with Gasteiger partial charge in [-0.2, -0.15) is 0 Å². The second-order valence-corrected chi connectivity index (χ2v) is 5.98. The molecule has 5 heteroatoms. The van der Waals surface area contributed by atoms with Crippen molar-refractivity contribution in [3.05, 3.63) is 29.3 Å². The number of hydrogen-bond acceptors (Lipinski definition) is 3. The van der Waals surface area contributed by atoms with Gasteiger partial charge in [-0.3, -0.25) is 4.79 Å². The van der Waals surface area contributed by atoms with E-state index in [1.807, 2.05) is 18.2 Å². The topological polar surface area (TPSA) is 41.1 Å². The minimum atomic E-state index is 0.0200. The average molecular weight is 285 g/mol. The van der Waals surface area contributed by atoms with E-state index in [-0.39, 0.29) is 5.91 Å². The maximum atomic E-state index is 11.8. The van der Waals surface area contributed by atoms with Crippen molar-refractivity contribution in [1.82, 2.24) is 5.32 Å². The highest BCUT2D eigenvalue weighted by atomic mass is 35.5. The van der Waals surface area contributed by atoms with E-state index in [2.05, 4.69) is 10.6 Å². The summed E-state index contributed by atoms with van der Waals surface area (Å²) in [5.41, 5.74) is 0.690. The summed E-state index contributed by atoms with van der Waals surface area (Å²) < 4.78 is 0. The maximum absolute atomic E-state index is 11.8. The molecule has 1 aliphatic heterocycles. The number of para-hydroxylation sites is 1. The summed E-state index contributed by atoms with van der Waals surface area (Å²) in [6.07, 6.45) is 2.29. The largest absolute Gasteiger partial charge is 0.324 e. The summed E-state index contributed by atoms with van der Waals surface area (Å²) in [5, 5.41) is 7.34. The number of rotatable bonds is 4. The molecule has 3 nitrogen and oxygen atoms in total. The third-order valence-corrected chi connectivity index (χ3v) is 4.59. The van der Waals surface area contributed by atoms with Gasteiger partial charge in [0.25, 0.3) is 0 Å². The van der Waals surface area contributed by atoms with Gasteiger partial charge in [-0.15, -0.1) is 11.8 Å². The van der Waals surface area contributed by atoms with Crippen molar-refractivity contribution < 1.29 is 4.79 Å². The lowest BCUT2D eigenvalue weighted by molar-refractivity contribution is -0.113. The van der Waals surface area contributed by atoms with E-state index in [9.17, 15) is 4.79 Å². The van der Waals surface area contributed by atoms with Crippen molar-refractivity contribution in [1.29, 1.82) is 0 Å². The number of benzene rings is 1. The molecule has 2 rings (SSSR count). The van der Waals surface area contributed by atoms with Gasteiger partial charge >= 0.3 is 0 Å². The quantitative estimate of drug-likeness (QED) is 0.893. The molecule has 1 aromatic rings. The Kier molecular flexibility index (Phi) is 5.35. The van der Waals surface area contributed by atoms with E-state index in [0.717, 1.165) is 25.9 Å². The highest BCUT2D eigenvalue weighted by Gasteiger charge is 2.15. The van der Waals surface area contributed by atoms with Gasteiger partial charge in [0.05, 0.1) is 16.5 Å². The lowest BCUT2D eigenvalue weighted by Crippen LogP contribution is -2.30. The lowest BCUT2D eigenvalue weighted by atomic mass is 10.2. The van der Waals surface area contributed by atoms with Crippen LogP contribution in [-0.4, -0.2) is 30.0 Å². The standard InChI is InChI=1S/C13H17ClN2OS/c14-11-3-1-2-4-12(11)16-13(17)9-18-10-5-7-15-8-6-10/h1-4,10,15H,5-9H2,(H,16,17). The van der Waals surface area contributed by atoms with E-state index >= 15 is 0 Å². The van der Waals surface area contributed by atoms with E-state index < -0.39 is 0 Å². The Labute approximate surface area is 117 Å². The second-order valence-electron chi connectivity index (χ2n) is 4.29. The van der Waals surface area contributed by atoms with Crippen LogP contribution in [0.4, 0.5) is 5.69 Å². The smallest absolute Gasteiger partial charge is 0.234 e. The molecule has 1 saturated heterocycles. The van der Waals surface area contributed by atoms with E-state index in [1.165, 1.54) is 0 Å². The van der Waals surface area contributed by atoms with Crippen molar-refractivity contribution >= 4 is 35.0 Å². The zero-order valence-corrected chi connectivity index (χ0v) is 11.7. The summed E-state index contributed by atoms with van der Waals surface area (Å²) in [7, 11) is 0. The average Bonchev–Trinajstić information content (AvgIpc) is 2.40. The summed E-state index contributed by atoms with van der Waals surface area (Å²) in [4.78, 5) is 11.8. The van der Waals surface area contributed by atoms with Gasteiger partial charge < -0.3 is 10.6 Å². The lowest BCUT2D eigenvalue weighted by Gasteiger charge is -2.21. The predicted octanol–water partition coefficient (Wildman–Crippen LogP) is 2.76. The fourth-order valence-electron chi connectivity index (χ4n) is 1.90. The Morgan fingerprint density at radius 1 is 1.39 bits per heavy atom. The van der Waals surface area contributed by atoms with Crippen LogP contribution in [-0.2, 0) is 4.79 Å². The molecular weight excluding hydrogens is 268 g/mol. The van der Waals surface area contributed by atoms with Crippen LogP contribution in [0.2, 0.25) is 5.02 Å². The zero-order valence-electron chi connectivity index (χ0n) is 10.1. The number of hydrogen-bond donors (Lipinski definition) is 2. The number of halogens is 1. The number of carbonyl (C=O) groups excluding carboxylic acids is 1. The number of thioether (sulfide) groups is 1. The van der Waals surface area contributed by atoms with Gasteiger partial charge in [0, 0.05) is 5.25 Å². The van der Waals surface area contributed by atoms with Crippen LogP contribution in [0.5, 0.6) is 0 Å². The van der Waals surface area contributed by atoms with Gasteiger partial charge in [0.2, 0.25) is 5.91 Å². The number of amides is 1. The molecule has 0 saturated carbocycles. The summed E-state index contributed by atoms with van der Waals surface area (Å²) in [6.45, 7) is 2.12. The molecule has 0 atom stereocenters. The van der Waals surface area contributed by atoms with Crippen LogP contribution in [0.15, 0.2) is 24.3 Å². The minimum Gasteiger partial charge on any atom is -0.324 e. The van der Waals surface area contributed by atoms with Crippen molar-refractivity contribution in [2.45, 2.75) is 18.1 Å². The van der Waals surface area contributed by atoms with E-state index in [4.69, 9.17) is 11.6 Å². The van der Waals surface area contributed by atoms with Crippen molar-refractivity contribution in [2.75, 3.05) is 24.2 Å². The third-order valence-electron chi connectivity index (χ3n) is 2.88. The Morgan fingerprint density at radius 2 is 2.11 bits per heavy atom. The zero-order chi connectivity index (χ0) is 12.8. The van der Waals surface area contributed by atoms with E-state index in [1.54, 1.807) is 17.8 Å². The highest BCUT2D eigenvalue weighted by Crippen LogP contribution is 2.23. The normalized spacial score (nSPS) is 16.5. The molecule has 98 valence electrons. The van der Waals surface area contributed by atoms with Gasteiger partial charge in [0.1, 0.15) is 0 Å². The van der Waals surface area contributed by atoms with Crippen molar-refractivity contribution in [3.8, 4) is 0 Å². The van der Waals surface area contributed by atoms with Gasteiger partial charge in [-0.25, -0.2) is 0 Å². The SMILES string of the molecule is O=C(CSC1CCNCC1)Nc1ccccc1Cl. The molecule has 0 spiro atoms. The molecule has 1 aromatic carbocycles. The molecule has 18 heavy (non-hydrogen) atoms. The monoisotopic (exact) mass is 284 g/mol. The van der Waals surface area contributed by atoms with Gasteiger partial charge in [-0.05, 0) is 38.1 Å². The molecular formula is C13H17ClN2OS. The molecule has 2 N–H and O–H groups in total. The Balaban J connectivity index is 1.76. The fraction of sp³-hybridized carbons (Fsp3) is 0.462.